The third-order valence-corrected chi connectivity index (χ3v) is 4.48. The Balaban J connectivity index is 2.05. The summed E-state index contributed by atoms with van der Waals surface area (Å²) in [5.41, 5.74) is 0.804. The molecule has 2 N–H and O–H groups in total. The van der Waals surface area contributed by atoms with Crippen LogP contribution in [0.3, 0.4) is 0 Å². The number of hydrogen-bond donors (Lipinski definition) is 2. The maximum absolute atomic E-state index is 12.7. The number of aryl methyl sites for hydroxylation is 1. The molecular weight excluding hydrogens is 452 g/mol. The summed E-state index contributed by atoms with van der Waals surface area (Å²) in [7, 11) is 0. The Bertz CT molecular complexity index is 793. The van der Waals surface area contributed by atoms with Gasteiger partial charge in [-0.2, -0.15) is 13.2 Å². The van der Waals surface area contributed by atoms with Crippen LogP contribution in [0.1, 0.15) is 21.5 Å². The summed E-state index contributed by atoms with van der Waals surface area (Å²) in [5.74, 6) is -0.433. The van der Waals surface area contributed by atoms with Gasteiger partial charge in [-0.05, 0) is 77.6 Å². The van der Waals surface area contributed by atoms with E-state index in [1.807, 2.05) is 6.92 Å². The molecule has 0 spiro atoms. The highest BCUT2D eigenvalue weighted by Gasteiger charge is 2.30. The fourth-order valence-corrected chi connectivity index (χ4v) is 2.57. The topological polar surface area (TPSA) is 41.1 Å². The van der Waals surface area contributed by atoms with Crippen molar-refractivity contribution in [2.45, 2.75) is 13.1 Å². The van der Waals surface area contributed by atoms with E-state index in [1.54, 1.807) is 18.2 Å². The molecule has 0 aliphatic heterocycles. The van der Waals surface area contributed by atoms with Crippen molar-refractivity contribution < 1.29 is 18.0 Å². The van der Waals surface area contributed by atoms with E-state index in [0.717, 1.165) is 21.3 Å². The summed E-state index contributed by atoms with van der Waals surface area (Å²) in [6.07, 6.45) is -4.44. The zero-order valence-electron chi connectivity index (χ0n) is 12.4. The first-order chi connectivity index (χ1) is 11.2. The first-order valence-corrected chi connectivity index (χ1v) is 8.21. The molecule has 0 heterocycles. The van der Waals surface area contributed by atoms with E-state index in [0.29, 0.717) is 5.56 Å². The van der Waals surface area contributed by atoms with Gasteiger partial charge in [0, 0.05) is 14.8 Å². The van der Waals surface area contributed by atoms with Crippen LogP contribution >= 0.6 is 34.8 Å². The Kier molecular flexibility index (Phi) is 5.81. The number of amides is 1. The molecule has 0 saturated heterocycles. The molecule has 1 amide bonds. The molecule has 0 atom stereocenters. The van der Waals surface area contributed by atoms with E-state index in [-0.39, 0.29) is 10.8 Å². The van der Waals surface area contributed by atoms with Gasteiger partial charge in [0.2, 0.25) is 0 Å². The summed E-state index contributed by atoms with van der Waals surface area (Å²) in [4.78, 5) is 12.1. The molecule has 2 rings (SSSR count). The minimum absolute atomic E-state index is 0.0742. The second kappa shape index (κ2) is 7.47. The number of thiocarbonyl (C=S) groups is 1. The van der Waals surface area contributed by atoms with Crippen LogP contribution in [0.25, 0.3) is 0 Å². The number of nitrogens with one attached hydrogen (secondary N) is 2. The van der Waals surface area contributed by atoms with Crippen molar-refractivity contribution in [3.05, 3.63) is 62.7 Å². The van der Waals surface area contributed by atoms with Crippen LogP contribution in [-0.4, -0.2) is 11.0 Å². The second-order valence-corrected chi connectivity index (χ2v) is 6.52. The van der Waals surface area contributed by atoms with E-state index in [9.17, 15) is 18.0 Å². The maximum Gasteiger partial charge on any atom is 0.416 e. The number of carbonyl (C=O) groups excluding carboxylic acids is 1. The molecule has 8 heteroatoms. The Labute approximate surface area is 155 Å². The summed E-state index contributed by atoms with van der Waals surface area (Å²) < 4.78 is 39.0. The van der Waals surface area contributed by atoms with E-state index < -0.39 is 17.6 Å². The Hall–Kier alpha value is -1.68. The number of hydrogen-bond acceptors (Lipinski definition) is 2. The van der Waals surface area contributed by atoms with Crippen molar-refractivity contribution in [2.75, 3.05) is 5.32 Å². The van der Waals surface area contributed by atoms with Crippen molar-refractivity contribution in [1.82, 2.24) is 5.32 Å². The Morgan fingerprint density at radius 2 is 1.88 bits per heavy atom. The van der Waals surface area contributed by atoms with Crippen LogP contribution < -0.4 is 10.6 Å². The third-order valence-electron chi connectivity index (χ3n) is 3.11. The summed E-state index contributed by atoms with van der Waals surface area (Å²) in [6.45, 7) is 1.92. The molecule has 0 aliphatic carbocycles. The largest absolute Gasteiger partial charge is 0.416 e. The van der Waals surface area contributed by atoms with Gasteiger partial charge in [-0.25, -0.2) is 0 Å². The van der Waals surface area contributed by atoms with E-state index in [1.165, 1.54) is 12.1 Å². The maximum atomic E-state index is 12.7. The van der Waals surface area contributed by atoms with E-state index in [4.69, 9.17) is 12.2 Å². The number of alkyl halides is 3. The molecule has 0 fully saturated rings. The lowest BCUT2D eigenvalue weighted by Crippen LogP contribution is -2.34. The number of rotatable bonds is 2. The summed E-state index contributed by atoms with van der Waals surface area (Å²) in [5, 5.41) is 4.95. The van der Waals surface area contributed by atoms with Crippen LogP contribution in [0.15, 0.2) is 42.5 Å². The van der Waals surface area contributed by atoms with Crippen LogP contribution in [0, 0.1) is 10.5 Å². The molecule has 0 saturated carbocycles. The van der Waals surface area contributed by atoms with Gasteiger partial charge in [0.1, 0.15) is 0 Å². The standard InChI is InChI=1S/C16H12F3IN2OS/c1-9-5-6-10(7-13(9)20)14(23)22-15(24)21-12-4-2-3-11(8-12)16(17,18)19/h2-8H,1H3,(H2,21,22,23,24). The SMILES string of the molecule is Cc1ccc(C(=O)NC(=S)Nc2cccc(C(F)(F)F)c2)cc1I. The van der Waals surface area contributed by atoms with Gasteiger partial charge in [-0.1, -0.05) is 12.1 Å². The first-order valence-electron chi connectivity index (χ1n) is 6.72. The average Bonchev–Trinajstić information content (AvgIpc) is 2.49. The molecule has 24 heavy (non-hydrogen) atoms. The predicted molar refractivity (Wildman–Crippen MR) is 99.0 cm³/mol. The molecule has 2 aromatic rings. The molecule has 0 radical (unpaired) electrons. The quantitative estimate of drug-likeness (QED) is 0.498. The number of carbonyl (C=O) groups is 1. The zero-order valence-corrected chi connectivity index (χ0v) is 15.3. The Morgan fingerprint density at radius 1 is 1.17 bits per heavy atom. The van der Waals surface area contributed by atoms with Gasteiger partial charge in [-0.3, -0.25) is 10.1 Å². The highest BCUT2D eigenvalue weighted by Crippen LogP contribution is 2.30. The average molecular weight is 464 g/mol. The molecular formula is C16H12F3IN2OS. The van der Waals surface area contributed by atoms with Crippen LogP contribution in [-0.2, 0) is 6.18 Å². The van der Waals surface area contributed by atoms with Crippen LogP contribution in [0.4, 0.5) is 18.9 Å². The minimum atomic E-state index is -4.44. The number of anilines is 1. The van der Waals surface area contributed by atoms with Gasteiger partial charge in [0.05, 0.1) is 5.56 Å². The molecule has 0 aliphatic rings. The highest BCUT2D eigenvalue weighted by molar-refractivity contribution is 14.1. The second-order valence-electron chi connectivity index (χ2n) is 4.95. The number of benzene rings is 2. The van der Waals surface area contributed by atoms with E-state index >= 15 is 0 Å². The minimum Gasteiger partial charge on any atom is -0.332 e. The number of halogens is 4. The lowest BCUT2D eigenvalue weighted by atomic mass is 10.1. The first kappa shape index (κ1) is 18.7. The summed E-state index contributed by atoms with van der Waals surface area (Å²) in [6, 6.07) is 9.74. The van der Waals surface area contributed by atoms with Crippen molar-refractivity contribution >= 4 is 51.5 Å². The molecule has 0 bridgehead atoms. The molecule has 2 aromatic carbocycles. The van der Waals surface area contributed by atoms with Crippen molar-refractivity contribution in [2.24, 2.45) is 0 Å². The van der Waals surface area contributed by atoms with Crippen LogP contribution in [0.2, 0.25) is 0 Å². The fraction of sp³-hybridized carbons (Fsp3) is 0.125. The van der Waals surface area contributed by atoms with Crippen LogP contribution in [0.5, 0.6) is 0 Å². The normalized spacial score (nSPS) is 11.0. The monoisotopic (exact) mass is 464 g/mol. The Morgan fingerprint density at radius 3 is 2.50 bits per heavy atom. The van der Waals surface area contributed by atoms with Gasteiger partial charge in [-0.15, -0.1) is 0 Å². The third kappa shape index (κ3) is 4.91. The molecule has 0 unspecified atom stereocenters. The van der Waals surface area contributed by atoms with Gasteiger partial charge in [0.15, 0.2) is 5.11 Å². The van der Waals surface area contributed by atoms with Crippen molar-refractivity contribution in [3.8, 4) is 0 Å². The molecule has 0 aromatic heterocycles. The van der Waals surface area contributed by atoms with Gasteiger partial charge < -0.3 is 5.32 Å². The smallest absolute Gasteiger partial charge is 0.332 e. The lowest BCUT2D eigenvalue weighted by molar-refractivity contribution is -0.137. The van der Waals surface area contributed by atoms with E-state index in [2.05, 4.69) is 33.2 Å². The molecule has 3 nitrogen and oxygen atoms in total. The fourth-order valence-electron chi connectivity index (χ4n) is 1.85. The molecule has 126 valence electrons. The van der Waals surface area contributed by atoms with Gasteiger partial charge >= 0.3 is 6.18 Å². The lowest BCUT2D eigenvalue weighted by Gasteiger charge is -2.12. The predicted octanol–water partition coefficient (Wildman–Crippen LogP) is 4.75. The van der Waals surface area contributed by atoms with Crippen molar-refractivity contribution in [3.63, 3.8) is 0 Å². The highest BCUT2D eigenvalue weighted by atomic mass is 127. The van der Waals surface area contributed by atoms with Crippen molar-refractivity contribution in [1.29, 1.82) is 0 Å². The summed E-state index contributed by atoms with van der Waals surface area (Å²) >= 11 is 7.09. The van der Waals surface area contributed by atoms with Gasteiger partial charge in [0.25, 0.3) is 5.91 Å². The zero-order chi connectivity index (χ0) is 17.9.